The quantitative estimate of drug-likeness (QED) is 0.332. The van der Waals surface area contributed by atoms with Gasteiger partial charge in [-0.3, -0.25) is 4.99 Å². The topological polar surface area (TPSA) is 50.4 Å². The van der Waals surface area contributed by atoms with Gasteiger partial charge in [-0.25, -0.2) is 0 Å². The zero-order valence-electron chi connectivity index (χ0n) is 6.85. The van der Waals surface area contributed by atoms with Crippen molar-refractivity contribution in [3.8, 4) is 0 Å². The molecular formula is C7H17N3. The van der Waals surface area contributed by atoms with E-state index < -0.39 is 0 Å². The molecule has 0 aliphatic carbocycles. The van der Waals surface area contributed by atoms with Crippen LogP contribution in [-0.4, -0.2) is 26.0 Å². The second-order valence-electron chi connectivity index (χ2n) is 2.18. The smallest absolute Gasteiger partial charge is 0.0934 e. The summed E-state index contributed by atoms with van der Waals surface area (Å²) < 4.78 is 0. The van der Waals surface area contributed by atoms with E-state index in [1.165, 1.54) is 0 Å². The monoisotopic (exact) mass is 143 g/mol. The highest BCUT2D eigenvalue weighted by Gasteiger charge is 1.85. The fourth-order valence-corrected chi connectivity index (χ4v) is 0.590. The lowest BCUT2D eigenvalue weighted by atomic mass is 10.4. The number of amidine groups is 1. The Morgan fingerprint density at radius 1 is 1.60 bits per heavy atom. The summed E-state index contributed by atoms with van der Waals surface area (Å²) in [4.78, 5) is 4.13. The Bertz CT molecular complexity index is 99.0. The maximum atomic E-state index is 5.48. The molecule has 10 heavy (non-hydrogen) atoms. The van der Waals surface area contributed by atoms with E-state index in [-0.39, 0.29) is 0 Å². The van der Waals surface area contributed by atoms with Crippen LogP contribution >= 0.6 is 0 Å². The van der Waals surface area contributed by atoms with Gasteiger partial charge < -0.3 is 11.1 Å². The van der Waals surface area contributed by atoms with Crippen molar-refractivity contribution in [1.29, 1.82) is 0 Å². The Morgan fingerprint density at radius 2 is 2.30 bits per heavy atom. The number of nitrogens with zero attached hydrogens (tertiary/aromatic N) is 1. The maximum Gasteiger partial charge on any atom is 0.0934 e. The SMILES string of the molecule is CCC(N)=NCCCNC. The molecule has 0 aromatic heterocycles. The van der Waals surface area contributed by atoms with Crippen molar-refractivity contribution < 1.29 is 0 Å². The van der Waals surface area contributed by atoms with Gasteiger partial charge >= 0.3 is 0 Å². The molecule has 0 fully saturated rings. The molecule has 3 nitrogen and oxygen atoms in total. The minimum Gasteiger partial charge on any atom is -0.387 e. The summed E-state index contributed by atoms with van der Waals surface area (Å²) in [5.41, 5.74) is 5.48. The third-order valence-electron chi connectivity index (χ3n) is 1.26. The minimum atomic E-state index is 0.760. The number of nitrogens with two attached hydrogens (primary N) is 1. The number of hydrogen-bond donors (Lipinski definition) is 2. The second kappa shape index (κ2) is 6.55. The predicted octanol–water partition coefficient (Wildman–Crippen LogP) is 0.363. The van der Waals surface area contributed by atoms with Gasteiger partial charge in [-0.05, 0) is 20.0 Å². The van der Waals surface area contributed by atoms with Gasteiger partial charge in [0.05, 0.1) is 5.84 Å². The van der Waals surface area contributed by atoms with Crippen molar-refractivity contribution in [3.63, 3.8) is 0 Å². The van der Waals surface area contributed by atoms with E-state index in [0.29, 0.717) is 0 Å². The van der Waals surface area contributed by atoms with Crippen LogP contribution in [-0.2, 0) is 0 Å². The highest BCUT2D eigenvalue weighted by atomic mass is 14.9. The fraction of sp³-hybridized carbons (Fsp3) is 0.857. The average molecular weight is 143 g/mol. The van der Waals surface area contributed by atoms with Crippen molar-refractivity contribution in [3.05, 3.63) is 0 Å². The van der Waals surface area contributed by atoms with Gasteiger partial charge in [0.25, 0.3) is 0 Å². The van der Waals surface area contributed by atoms with Gasteiger partial charge in [0, 0.05) is 13.0 Å². The van der Waals surface area contributed by atoms with E-state index in [0.717, 1.165) is 31.8 Å². The van der Waals surface area contributed by atoms with Crippen molar-refractivity contribution >= 4 is 5.84 Å². The molecule has 0 aromatic carbocycles. The maximum absolute atomic E-state index is 5.48. The summed E-state index contributed by atoms with van der Waals surface area (Å²) in [6.07, 6.45) is 1.93. The van der Waals surface area contributed by atoms with Crippen LogP contribution < -0.4 is 11.1 Å². The molecule has 0 saturated carbocycles. The number of nitrogens with one attached hydrogen (secondary N) is 1. The Hall–Kier alpha value is -0.570. The molecule has 0 aliphatic heterocycles. The summed E-state index contributed by atoms with van der Waals surface area (Å²) in [5.74, 6) is 0.760. The zero-order valence-corrected chi connectivity index (χ0v) is 6.85. The molecule has 3 heteroatoms. The molecule has 0 amide bonds. The zero-order chi connectivity index (χ0) is 7.82. The van der Waals surface area contributed by atoms with Crippen LogP contribution in [0.4, 0.5) is 0 Å². The molecule has 0 rings (SSSR count). The Labute approximate surface area is 62.7 Å². The highest BCUT2D eigenvalue weighted by molar-refractivity contribution is 5.79. The van der Waals surface area contributed by atoms with E-state index in [2.05, 4.69) is 10.3 Å². The second-order valence-corrected chi connectivity index (χ2v) is 2.18. The number of hydrogen-bond acceptors (Lipinski definition) is 2. The Kier molecular flexibility index (Phi) is 6.18. The molecule has 0 unspecified atom stereocenters. The largest absolute Gasteiger partial charge is 0.387 e. The molecule has 0 bridgehead atoms. The lowest BCUT2D eigenvalue weighted by Gasteiger charge is -1.96. The standard InChI is InChI=1S/C7H17N3/c1-3-7(8)10-6-4-5-9-2/h9H,3-6H2,1-2H3,(H2,8,10). The molecule has 0 aliphatic rings. The molecule has 0 aromatic rings. The molecule has 0 atom stereocenters. The van der Waals surface area contributed by atoms with Crippen LogP contribution in [0.25, 0.3) is 0 Å². The third kappa shape index (κ3) is 5.56. The van der Waals surface area contributed by atoms with Crippen LogP contribution in [0.5, 0.6) is 0 Å². The fourth-order valence-electron chi connectivity index (χ4n) is 0.590. The van der Waals surface area contributed by atoms with Gasteiger partial charge in [-0.1, -0.05) is 6.92 Å². The molecule has 0 radical (unpaired) electrons. The molecular weight excluding hydrogens is 126 g/mol. The summed E-state index contributed by atoms with van der Waals surface area (Å²) in [7, 11) is 1.94. The number of rotatable bonds is 5. The minimum absolute atomic E-state index is 0.760. The van der Waals surface area contributed by atoms with Crippen molar-refractivity contribution in [1.82, 2.24) is 5.32 Å². The van der Waals surface area contributed by atoms with Crippen LogP contribution in [0.15, 0.2) is 4.99 Å². The van der Waals surface area contributed by atoms with Crippen LogP contribution in [0.3, 0.4) is 0 Å². The van der Waals surface area contributed by atoms with Crippen molar-refractivity contribution in [2.45, 2.75) is 19.8 Å². The highest BCUT2D eigenvalue weighted by Crippen LogP contribution is 1.81. The van der Waals surface area contributed by atoms with Crippen LogP contribution in [0.1, 0.15) is 19.8 Å². The summed E-state index contributed by atoms with van der Waals surface area (Å²) in [6, 6.07) is 0. The van der Waals surface area contributed by atoms with Gasteiger partial charge in [0.15, 0.2) is 0 Å². The molecule has 0 heterocycles. The lowest BCUT2D eigenvalue weighted by molar-refractivity contribution is 0.733. The molecule has 0 spiro atoms. The first-order chi connectivity index (χ1) is 4.81. The van der Waals surface area contributed by atoms with Gasteiger partial charge in [0.2, 0.25) is 0 Å². The van der Waals surface area contributed by atoms with Crippen LogP contribution in [0, 0.1) is 0 Å². The van der Waals surface area contributed by atoms with Crippen molar-refractivity contribution in [2.75, 3.05) is 20.1 Å². The average Bonchev–Trinajstić information content (AvgIpc) is 1.98. The molecule has 0 saturated heterocycles. The predicted molar refractivity (Wildman–Crippen MR) is 45.3 cm³/mol. The van der Waals surface area contributed by atoms with E-state index in [4.69, 9.17) is 5.73 Å². The van der Waals surface area contributed by atoms with Crippen molar-refractivity contribution in [2.24, 2.45) is 10.7 Å². The summed E-state index contributed by atoms with van der Waals surface area (Å²) in [5, 5.41) is 3.05. The van der Waals surface area contributed by atoms with Crippen LogP contribution in [0.2, 0.25) is 0 Å². The van der Waals surface area contributed by atoms with Gasteiger partial charge in [-0.2, -0.15) is 0 Å². The lowest BCUT2D eigenvalue weighted by Crippen LogP contribution is -2.12. The Balaban J connectivity index is 3.16. The van der Waals surface area contributed by atoms with E-state index in [1.807, 2.05) is 14.0 Å². The van der Waals surface area contributed by atoms with Gasteiger partial charge in [-0.15, -0.1) is 0 Å². The van der Waals surface area contributed by atoms with E-state index in [9.17, 15) is 0 Å². The van der Waals surface area contributed by atoms with Gasteiger partial charge in [0.1, 0.15) is 0 Å². The number of aliphatic imine (C=N–C) groups is 1. The normalized spacial score (nSPS) is 12.0. The third-order valence-corrected chi connectivity index (χ3v) is 1.26. The Morgan fingerprint density at radius 3 is 2.80 bits per heavy atom. The van der Waals surface area contributed by atoms with E-state index in [1.54, 1.807) is 0 Å². The molecule has 60 valence electrons. The first-order valence-electron chi connectivity index (χ1n) is 3.74. The van der Waals surface area contributed by atoms with E-state index >= 15 is 0 Å². The molecule has 3 N–H and O–H groups in total. The summed E-state index contributed by atoms with van der Waals surface area (Å²) in [6.45, 7) is 3.87. The summed E-state index contributed by atoms with van der Waals surface area (Å²) >= 11 is 0. The first-order valence-corrected chi connectivity index (χ1v) is 3.74. The first kappa shape index (κ1) is 9.43.